The molecule has 0 saturated heterocycles. The Hall–Kier alpha value is -3.32. The van der Waals surface area contributed by atoms with Crippen LogP contribution in [0.5, 0.6) is 11.5 Å². The van der Waals surface area contributed by atoms with Gasteiger partial charge in [0.1, 0.15) is 29.6 Å². The van der Waals surface area contributed by atoms with Crippen molar-refractivity contribution in [3.05, 3.63) is 64.5 Å². The van der Waals surface area contributed by atoms with E-state index in [1.807, 2.05) is 77.9 Å². The Balaban J connectivity index is 1.70. The molecule has 2 aromatic carbocycles. The lowest BCUT2D eigenvalue weighted by Gasteiger charge is -2.18. The molecule has 0 amide bonds. The van der Waals surface area contributed by atoms with Crippen LogP contribution in [0.2, 0.25) is 0 Å². The average Bonchev–Trinajstić information content (AvgIpc) is 3.19. The molecule has 0 bridgehead atoms. The number of hydrogen-bond acceptors (Lipinski definition) is 7. The summed E-state index contributed by atoms with van der Waals surface area (Å²) in [6.07, 6.45) is -0.0594. The highest BCUT2D eigenvalue weighted by Gasteiger charge is 2.22. The molecule has 0 aliphatic heterocycles. The second kappa shape index (κ2) is 11.9. The number of ether oxygens (including phenoxy) is 4. The van der Waals surface area contributed by atoms with Gasteiger partial charge >= 0.3 is 5.97 Å². The van der Waals surface area contributed by atoms with Crippen LogP contribution in [0.1, 0.15) is 48.9 Å². The molecule has 1 atom stereocenters. The van der Waals surface area contributed by atoms with E-state index < -0.39 is 6.10 Å². The molecule has 7 nitrogen and oxygen atoms in total. The maximum atomic E-state index is 12.1. The van der Waals surface area contributed by atoms with Gasteiger partial charge in [-0.3, -0.25) is 0 Å². The molecule has 35 heavy (non-hydrogen) atoms. The Morgan fingerprint density at radius 2 is 1.69 bits per heavy atom. The number of carbonyl (C=O) groups excluding carboxylic acids is 1. The number of aromatic nitrogens is 1. The lowest BCUT2D eigenvalue weighted by molar-refractivity contribution is -0.153. The fourth-order valence-electron chi connectivity index (χ4n) is 3.87. The Kier molecular flexibility index (Phi) is 8.93. The number of benzene rings is 2. The normalized spacial score (nSPS) is 12.0. The fourth-order valence-corrected chi connectivity index (χ4v) is 3.87. The van der Waals surface area contributed by atoms with E-state index in [9.17, 15) is 4.79 Å². The zero-order chi connectivity index (χ0) is 25.5. The average molecular weight is 482 g/mol. The van der Waals surface area contributed by atoms with Crippen molar-refractivity contribution in [2.45, 2.75) is 66.8 Å². The Labute approximate surface area is 207 Å². The summed E-state index contributed by atoms with van der Waals surface area (Å²) >= 11 is 0. The summed E-state index contributed by atoms with van der Waals surface area (Å²) in [5, 5.41) is 0. The van der Waals surface area contributed by atoms with Crippen LogP contribution in [0.4, 0.5) is 0 Å². The van der Waals surface area contributed by atoms with Gasteiger partial charge in [0.2, 0.25) is 5.89 Å². The van der Waals surface area contributed by atoms with Gasteiger partial charge in [-0.05, 0) is 94.6 Å². The topological polar surface area (TPSA) is 80.0 Å². The molecule has 1 heterocycles. The number of esters is 1. The van der Waals surface area contributed by atoms with E-state index >= 15 is 0 Å². The molecular formula is C28H35NO6. The third kappa shape index (κ3) is 6.85. The van der Waals surface area contributed by atoms with E-state index in [2.05, 4.69) is 4.98 Å². The second-order valence-electron chi connectivity index (χ2n) is 8.71. The summed E-state index contributed by atoms with van der Waals surface area (Å²) in [5.41, 5.74) is 4.71. The number of nitrogens with zero attached hydrogens (tertiary/aromatic N) is 1. The van der Waals surface area contributed by atoms with Crippen molar-refractivity contribution >= 4 is 5.97 Å². The number of carbonyl (C=O) groups is 1. The van der Waals surface area contributed by atoms with Crippen LogP contribution in [0.3, 0.4) is 0 Å². The van der Waals surface area contributed by atoms with Crippen LogP contribution in [-0.4, -0.2) is 36.9 Å². The third-order valence-electron chi connectivity index (χ3n) is 5.63. The zero-order valence-electron chi connectivity index (χ0n) is 21.6. The van der Waals surface area contributed by atoms with Gasteiger partial charge in [-0.15, -0.1) is 0 Å². The second-order valence-corrected chi connectivity index (χ2v) is 8.71. The zero-order valence-corrected chi connectivity index (χ0v) is 21.6. The van der Waals surface area contributed by atoms with Gasteiger partial charge in [-0.25, -0.2) is 9.78 Å². The molecular weight excluding hydrogens is 446 g/mol. The predicted molar refractivity (Wildman–Crippen MR) is 134 cm³/mol. The van der Waals surface area contributed by atoms with Crippen molar-refractivity contribution in [3.63, 3.8) is 0 Å². The number of oxazole rings is 1. The van der Waals surface area contributed by atoms with E-state index in [-0.39, 0.29) is 18.7 Å². The lowest BCUT2D eigenvalue weighted by atomic mass is 9.97. The van der Waals surface area contributed by atoms with Crippen LogP contribution >= 0.6 is 0 Å². The van der Waals surface area contributed by atoms with Crippen molar-refractivity contribution in [2.24, 2.45) is 0 Å². The lowest BCUT2D eigenvalue weighted by Crippen LogP contribution is -2.28. The molecule has 0 radical (unpaired) electrons. The maximum absolute atomic E-state index is 12.1. The molecule has 0 saturated carbocycles. The highest BCUT2D eigenvalue weighted by molar-refractivity contribution is 5.75. The molecule has 0 fully saturated rings. The monoisotopic (exact) mass is 481 g/mol. The standard InChI is InChI=1S/C28H35NO6/c1-8-32-26(28(30)31-7)15-24-18(4)13-23(14-19(24)5)33-16-25-20(6)35-27(29-25)21-9-11-22(12-10-21)34-17(2)3/h9-14,17,26H,8,15-16H2,1-7H3. The first kappa shape index (κ1) is 26.3. The molecule has 1 unspecified atom stereocenters. The number of aryl methyl sites for hydroxylation is 3. The Bertz CT molecular complexity index is 1110. The minimum absolute atomic E-state index is 0.119. The van der Waals surface area contributed by atoms with Crippen LogP contribution in [0.25, 0.3) is 11.5 Å². The molecule has 3 aromatic rings. The van der Waals surface area contributed by atoms with Crippen molar-refractivity contribution in [1.82, 2.24) is 4.98 Å². The van der Waals surface area contributed by atoms with Gasteiger partial charge in [0.15, 0.2) is 6.10 Å². The minimum Gasteiger partial charge on any atom is -0.491 e. The van der Waals surface area contributed by atoms with Crippen molar-refractivity contribution in [1.29, 1.82) is 0 Å². The Morgan fingerprint density at radius 1 is 1.03 bits per heavy atom. The summed E-state index contributed by atoms with van der Waals surface area (Å²) in [4.78, 5) is 16.7. The van der Waals surface area contributed by atoms with Crippen LogP contribution in [-0.2, 0) is 27.3 Å². The first-order valence-corrected chi connectivity index (χ1v) is 11.9. The van der Waals surface area contributed by atoms with Gasteiger partial charge in [-0.1, -0.05) is 0 Å². The highest BCUT2D eigenvalue weighted by atomic mass is 16.6. The quantitative estimate of drug-likeness (QED) is 0.322. The van der Waals surface area contributed by atoms with Gasteiger partial charge in [-0.2, -0.15) is 0 Å². The van der Waals surface area contributed by atoms with Gasteiger partial charge < -0.3 is 23.4 Å². The van der Waals surface area contributed by atoms with Crippen molar-refractivity contribution in [3.8, 4) is 23.0 Å². The minimum atomic E-state index is -0.628. The first-order chi connectivity index (χ1) is 16.7. The highest BCUT2D eigenvalue weighted by Crippen LogP contribution is 2.27. The summed E-state index contributed by atoms with van der Waals surface area (Å²) in [6.45, 7) is 12.5. The summed E-state index contributed by atoms with van der Waals surface area (Å²) in [6, 6.07) is 11.6. The van der Waals surface area contributed by atoms with E-state index in [4.69, 9.17) is 23.4 Å². The van der Waals surface area contributed by atoms with Crippen LogP contribution in [0.15, 0.2) is 40.8 Å². The van der Waals surface area contributed by atoms with Crippen molar-refractivity contribution < 1.29 is 28.2 Å². The maximum Gasteiger partial charge on any atom is 0.335 e. The number of hydrogen-bond donors (Lipinski definition) is 0. The molecule has 0 aliphatic carbocycles. The molecule has 0 N–H and O–H groups in total. The SMILES string of the molecule is CCOC(Cc1c(C)cc(OCc2nc(-c3ccc(OC(C)C)cc3)oc2C)cc1C)C(=O)OC. The fraction of sp³-hybridized carbons (Fsp3) is 0.429. The Morgan fingerprint density at radius 3 is 2.26 bits per heavy atom. The number of rotatable bonds is 11. The first-order valence-electron chi connectivity index (χ1n) is 11.9. The molecule has 188 valence electrons. The smallest absolute Gasteiger partial charge is 0.335 e. The molecule has 3 rings (SSSR count). The van der Waals surface area contributed by atoms with Crippen LogP contribution in [0, 0.1) is 20.8 Å². The third-order valence-corrected chi connectivity index (χ3v) is 5.63. The largest absolute Gasteiger partial charge is 0.491 e. The van der Waals surface area contributed by atoms with E-state index in [0.29, 0.717) is 24.7 Å². The van der Waals surface area contributed by atoms with Gasteiger partial charge in [0.25, 0.3) is 0 Å². The molecule has 0 spiro atoms. The summed E-state index contributed by atoms with van der Waals surface area (Å²) in [7, 11) is 1.37. The molecule has 0 aliphatic rings. The van der Waals surface area contributed by atoms with Gasteiger partial charge in [0, 0.05) is 18.6 Å². The summed E-state index contributed by atoms with van der Waals surface area (Å²) in [5.74, 6) is 2.43. The number of methoxy groups -OCH3 is 1. The van der Waals surface area contributed by atoms with E-state index in [1.54, 1.807) is 0 Å². The predicted octanol–water partition coefficient (Wildman–Crippen LogP) is 5.75. The molecule has 1 aromatic heterocycles. The van der Waals surface area contributed by atoms with E-state index in [0.717, 1.165) is 39.4 Å². The van der Waals surface area contributed by atoms with Gasteiger partial charge in [0.05, 0.1) is 13.2 Å². The van der Waals surface area contributed by atoms with Crippen molar-refractivity contribution in [2.75, 3.05) is 13.7 Å². The summed E-state index contributed by atoms with van der Waals surface area (Å²) < 4.78 is 28.1. The molecule has 7 heteroatoms. The van der Waals surface area contributed by atoms with E-state index in [1.165, 1.54) is 7.11 Å². The van der Waals surface area contributed by atoms with Crippen LogP contribution < -0.4 is 9.47 Å².